The fraction of sp³-hybridized carbons (Fsp3) is 0.714. The maximum absolute atomic E-state index is 5.53. The Kier molecular flexibility index (Phi) is 6.01. The van der Waals surface area contributed by atoms with Crippen molar-refractivity contribution in [3.63, 3.8) is 0 Å². The van der Waals surface area contributed by atoms with Crippen LogP contribution in [0.25, 0.3) is 0 Å². The largest absolute Gasteiger partial charge is 0.379 e. The maximum Gasteiger partial charge on any atom is 0.134 e. The molecule has 0 aromatic carbocycles. The number of morpholine rings is 1. The molecule has 112 valence electrons. The van der Waals surface area contributed by atoms with E-state index in [2.05, 4.69) is 34.0 Å². The highest BCUT2D eigenvalue weighted by atomic mass is 16.5. The standard InChI is InChI=1S/C14H24N4O2/c1-12(2)10-20-6-3-15-13-9-14(17-11-16-13)18-4-7-19-8-5-18/h9,11-12H,3-8,10H2,1-2H3,(H,15,16,17). The molecule has 6 heteroatoms. The predicted octanol–water partition coefficient (Wildman–Crippen LogP) is 1.40. The lowest BCUT2D eigenvalue weighted by atomic mass is 10.2. The third-order valence-corrected chi connectivity index (χ3v) is 2.99. The third kappa shape index (κ3) is 4.94. The van der Waals surface area contributed by atoms with Crippen LogP contribution in [0.3, 0.4) is 0 Å². The van der Waals surface area contributed by atoms with Gasteiger partial charge in [0.25, 0.3) is 0 Å². The number of nitrogens with zero attached hydrogens (tertiary/aromatic N) is 3. The van der Waals surface area contributed by atoms with E-state index in [0.29, 0.717) is 12.5 Å². The van der Waals surface area contributed by atoms with Crippen LogP contribution in [-0.4, -0.2) is 56.0 Å². The summed E-state index contributed by atoms with van der Waals surface area (Å²) in [6.07, 6.45) is 1.60. The Morgan fingerprint density at radius 2 is 2.15 bits per heavy atom. The number of nitrogens with one attached hydrogen (secondary N) is 1. The van der Waals surface area contributed by atoms with Crippen molar-refractivity contribution in [2.75, 3.05) is 56.3 Å². The second-order valence-corrected chi connectivity index (χ2v) is 5.26. The van der Waals surface area contributed by atoms with E-state index in [1.165, 1.54) is 0 Å². The van der Waals surface area contributed by atoms with Crippen molar-refractivity contribution in [2.24, 2.45) is 5.92 Å². The smallest absolute Gasteiger partial charge is 0.134 e. The summed E-state index contributed by atoms with van der Waals surface area (Å²) in [6, 6.07) is 1.98. The Labute approximate surface area is 120 Å². The van der Waals surface area contributed by atoms with Crippen LogP contribution in [0.5, 0.6) is 0 Å². The van der Waals surface area contributed by atoms with Crippen molar-refractivity contribution in [2.45, 2.75) is 13.8 Å². The Bertz CT molecular complexity index is 395. The van der Waals surface area contributed by atoms with Crippen LogP contribution < -0.4 is 10.2 Å². The van der Waals surface area contributed by atoms with Crippen molar-refractivity contribution in [1.82, 2.24) is 9.97 Å². The predicted molar refractivity (Wildman–Crippen MR) is 79.2 cm³/mol. The molecule has 1 N–H and O–H groups in total. The van der Waals surface area contributed by atoms with Gasteiger partial charge >= 0.3 is 0 Å². The monoisotopic (exact) mass is 280 g/mol. The number of hydrogen-bond donors (Lipinski definition) is 1. The minimum absolute atomic E-state index is 0.571. The molecule has 1 aliphatic heterocycles. The summed E-state index contributed by atoms with van der Waals surface area (Å²) >= 11 is 0. The summed E-state index contributed by atoms with van der Waals surface area (Å²) in [5, 5.41) is 3.26. The van der Waals surface area contributed by atoms with E-state index in [9.17, 15) is 0 Å². The van der Waals surface area contributed by atoms with E-state index in [4.69, 9.17) is 9.47 Å². The normalized spacial score (nSPS) is 15.7. The Hall–Kier alpha value is -1.40. The van der Waals surface area contributed by atoms with Gasteiger partial charge in [0.1, 0.15) is 18.0 Å². The van der Waals surface area contributed by atoms with E-state index >= 15 is 0 Å². The zero-order valence-corrected chi connectivity index (χ0v) is 12.3. The van der Waals surface area contributed by atoms with Crippen LogP contribution in [-0.2, 0) is 9.47 Å². The van der Waals surface area contributed by atoms with Crippen molar-refractivity contribution in [3.8, 4) is 0 Å². The third-order valence-electron chi connectivity index (χ3n) is 2.99. The molecule has 0 unspecified atom stereocenters. The average Bonchev–Trinajstić information content (AvgIpc) is 2.48. The van der Waals surface area contributed by atoms with Gasteiger partial charge in [-0.15, -0.1) is 0 Å². The number of hydrogen-bond acceptors (Lipinski definition) is 6. The van der Waals surface area contributed by atoms with Gasteiger partial charge in [-0.25, -0.2) is 9.97 Å². The molecule has 0 atom stereocenters. The maximum atomic E-state index is 5.53. The molecule has 1 aromatic rings. The minimum Gasteiger partial charge on any atom is -0.379 e. The lowest BCUT2D eigenvalue weighted by molar-refractivity contribution is 0.118. The van der Waals surface area contributed by atoms with E-state index in [1.54, 1.807) is 6.33 Å². The van der Waals surface area contributed by atoms with Gasteiger partial charge in [0, 0.05) is 32.3 Å². The second kappa shape index (κ2) is 8.01. The summed E-state index contributed by atoms with van der Waals surface area (Å²) < 4.78 is 10.9. The summed E-state index contributed by atoms with van der Waals surface area (Å²) in [5.74, 6) is 2.37. The molecule has 0 amide bonds. The fourth-order valence-corrected chi connectivity index (χ4v) is 1.98. The Morgan fingerprint density at radius 3 is 2.90 bits per heavy atom. The van der Waals surface area contributed by atoms with Crippen LogP contribution in [0.1, 0.15) is 13.8 Å². The molecular weight excluding hydrogens is 256 g/mol. The van der Waals surface area contributed by atoms with Crippen LogP contribution in [0, 0.1) is 5.92 Å². The van der Waals surface area contributed by atoms with Gasteiger partial charge in [0.05, 0.1) is 19.8 Å². The van der Waals surface area contributed by atoms with Gasteiger partial charge in [-0.05, 0) is 5.92 Å². The highest BCUT2D eigenvalue weighted by Gasteiger charge is 2.12. The molecule has 0 saturated carbocycles. The first-order valence-electron chi connectivity index (χ1n) is 7.22. The number of anilines is 2. The summed E-state index contributed by atoms with van der Waals surface area (Å²) in [4.78, 5) is 10.8. The fourth-order valence-electron chi connectivity index (χ4n) is 1.98. The molecule has 0 bridgehead atoms. The van der Waals surface area contributed by atoms with E-state index < -0.39 is 0 Å². The van der Waals surface area contributed by atoms with Gasteiger partial charge in [-0.2, -0.15) is 0 Å². The first-order chi connectivity index (χ1) is 9.75. The van der Waals surface area contributed by atoms with Crippen molar-refractivity contribution in [1.29, 1.82) is 0 Å². The molecule has 1 aliphatic rings. The van der Waals surface area contributed by atoms with Gasteiger partial charge in [-0.1, -0.05) is 13.8 Å². The highest BCUT2D eigenvalue weighted by Crippen LogP contribution is 2.15. The van der Waals surface area contributed by atoms with Crippen LogP contribution in [0.15, 0.2) is 12.4 Å². The number of ether oxygens (including phenoxy) is 2. The molecule has 6 nitrogen and oxygen atoms in total. The zero-order valence-electron chi connectivity index (χ0n) is 12.3. The summed E-state index contributed by atoms with van der Waals surface area (Å²) in [7, 11) is 0. The number of rotatable bonds is 7. The first kappa shape index (κ1) is 15.0. The molecule has 0 aliphatic carbocycles. The molecule has 2 rings (SSSR count). The van der Waals surface area contributed by atoms with Crippen molar-refractivity contribution >= 4 is 11.6 Å². The van der Waals surface area contributed by atoms with Crippen molar-refractivity contribution in [3.05, 3.63) is 12.4 Å². The Morgan fingerprint density at radius 1 is 1.35 bits per heavy atom. The molecule has 1 fully saturated rings. The lowest BCUT2D eigenvalue weighted by Crippen LogP contribution is -2.36. The van der Waals surface area contributed by atoms with Gasteiger partial charge in [-0.3, -0.25) is 0 Å². The Balaban J connectivity index is 1.77. The van der Waals surface area contributed by atoms with Gasteiger partial charge < -0.3 is 19.7 Å². The number of aromatic nitrogens is 2. The SMILES string of the molecule is CC(C)COCCNc1cc(N2CCOCC2)ncn1. The van der Waals surface area contributed by atoms with Crippen LogP contribution in [0.4, 0.5) is 11.6 Å². The van der Waals surface area contributed by atoms with E-state index in [-0.39, 0.29) is 0 Å². The van der Waals surface area contributed by atoms with Gasteiger partial charge in [0.15, 0.2) is 0 Å². The van der Waals surface area contributed by atoms with Crippen LogP contribution >= 0.6 is 0 Å². The van der Waals surface area contributed by atoms with Gasteiger partial charge in [0.2, 0.25) is 0 Å². The molecule has 2 heterocycles. The quantitative estimate of drug-likeness (QED) is 0.762. The molecular formula is C14H24N4O2. The summed E-state index contributed by atoms with van der Waals surface area (Å²) in [5.41, 5.74) is 0. The molecule has 0 spiro atoms. The lowest BCUT2D eigenvalue weighted by Gasteiger charge is -2.27. The average molecular weight is 280 g/mol. The highest BCUT2D eigenvalue weighted by molar-refractivity contribution is 5.48. The van der Waals surface area contributed by atoms with E-state index in [0.717, 1.165) is 51.1 Å². The zero-order chi connectivity index (χ0) is 14.2. The molecule has 1 saturated heterocycles. The minimum atomic E-state index is 0.571. The summed E-state index contributed by atoms with van der Waals surface area (Å²) in [6.45, 7) is 9.82. The molecule has 20 heavy (non-hydrogen) atoms. The molecule has 0 radical (unpaired) electrons. The van der Waals surface area contributed by atoms with Crippen molar-refractivity contribution < 1.29 is 9.47 Å². The van der Waals surface area contributed by atoms with Crippen LogP contribution in [0.2, 0.25) is 0 Å². The molecule has 1 aromatic heterocycles. The topological polar surface area (TPSA) is 59.5 Å². The first-order valence-corrected chi connectivity index (χ1v) is 7.22. The van der Waals surface area contributed by atoms with E-state index in [1.807, 2.05) is 6.07 Å². The second-order valence-electron chi connectivity index (χ2n) is 5.26.